The molecule has 0 spiro atoms. The van der Waals surface area contributed by atoms with Gasteiger partial charge in [0.2, 0.25) is 11.8 Å². The third-order valence-corrected chi connectivity index (χ3v) is 6.77. The van der Waals surface area contributed by atoms with Gasteiger partial charge in [-0.25, -0.2) is 9.67 Å². The molecule has 0 bridgehead atoms. The molecule has 0 unspecified atom stereocenters. The van der Waals surface area contributed by atoms with E-state index in [-0.39, 0.29) is 11.8 Å². The molecule has 7 nitrogen and oxygen atoms in total. The first-order valence-electron chi connectivity index (χ1n) is 10.3. The zero-order valence-electron chi connectivity index (χ0n) is 18.5. The first-order chi connectivity index (χ1) is 15.9. The first kappa shape index (κ1) is 22.6. The predicted octanol–water partition coefficient (Wildman–Crippen LogP) is 4.96. The minimum Gasteiger partial charge on any atom is -0.351 e. The number of hydrogen-bond donors (Lipinski definition) is 2. The molecule has 168 valence electrons. The smallest absolute Gasteiger partial charge is 0.250 e. The second-order valence-electron chi connectivity index (χ2n) is 7.37. The van der Waals surface area contributed by atoms with Gasteiger partial charge in [0.15, 0.2) is 5.13 Å². The van der Waals surface area contributed by atoms with Crippen molar-refractivity contribution >= 4 is 45.7 Å². The van der Waals surface area contributed by atoms with Gasteiger partial charge in [0.25, 0.3) is 0 Å². The van der Waals surface area contributed by atoms with Crippen molar-refractivity contribution < 1.29 is 9.59 Å². The number of carbonyl (C=O) groups excluding carboxylic acids is 2. The molecule has 2 amide bonds. The third kappa shape index (κ3) is 5.44. The highest BCUT2D eigenvalue weighted by molar-refractivity contribution is 7.17. The molecule has 4 aromatic rings. The van der Waals surface area contributed by atoms with Crippen molar-refractivity contribution in [2.75, 3.05) is 5.32 Å². The van der Waals surface area contributed by atoms with Crippen LogP contribution in [-0.2, 0) is 16.1 Å². The zero-order chi connectivity index (χ0) is 23.4. The Hall–Kier alpha value is -3.56. The Morgan fingerprint density at radius 1 is 1.12 bits per heavy atom. The summed E-state index contributed by atoms with van der Waals surface area (Å²) in [4.78, 5) is 30.1. The van der Waals surface area contributed by atoms with Crippen LogP contribution >= 0.6 is 22.7 Å². The highest BCUT2D eigenvalue weighted by Gasteiger charge is 2.12. The van der Waals surface area contributed by atoms with E-state index in [0.717, 1.165) is 38.1 Å². The number of thiazole rings is 1. The number of para-hydroxylation sites is 1. The largest absolute Gasteiger partial charge is 0.351 e. The first-order valence-corrected chi connectivity index (χ1v) is 12.0. The van der Waals surface area contributed by atoms with Crippen molar-refractivity contribution in [3.8, 4) is 16.3 Å². The predicted molar refractivity (Wildman–Crippen MR) is 134 cm³/mol. The number of amides is 2. The molecule has 0 aliphatic rings. The molecule has 0 saturated carbocycles. The Morgan fingerprint density at radius 3 is 2.67 bits per heavy atom. The monoisotopic (exact) mass is 477 g/mol. The Labute approximate surface area is 199 Å². The van der Waals surface area contributed by atoms with Crippen molar-refractivity contribution in [2.24, 2.45) is 0 Å². The Bertz CT molecular complexity index is 1320. The lowest BCUT2D eigenvalue weighted by molar-refractivity contribution is -0.119. The molecule has 4 rings (SSSR count). The maximum Gasteiger partial charge on any atom is 0.250 e. The van der Waals surface area contributed by atoms with Gasteiger partial charge in [0.05, 0.1) is 28.5 Å². The standard InChI is InChI=1S/C24H23N5O2S2/c1-15-20(16(2)29(28-15)18-7-5-4-6-8-18)10-12-23(31)27-24-26-21(14-32-24)22-11-9-19(33-22)13-25-17(3)30/h4-12,14H,13H2,1-3H3,(H,25,30)(H,26,27,31)/b12-10+. The van der Waals surface area contributed by atoms with Crippen LogP contribution in [0, 0.1) is 13.8 Å². The number of thiophene rings is 1. The van der Waals surface area contributed by atoms with Gasteiger partial charge in [-0.05, 0) is 44.2 Å². The second kappa shape index (κ2) is 9.93. The van der Waals surface area contributed by atoms with Gasteiger partial charge in [-0.2, -0.15) is 5.10 Å². The second-order valence-corrected chi connectivity index (χ2v) is 9.39. The Morgan fingerprint density at radius 2 is 1.91 bits per heavy atom. The molecule has 0 aliphatic heterocycles. The number of rotatable bonds is 7. The molecule has 0 aliphatic carbocycles. The van der Waals surface area contributed by atoms with E-state index in [0.29, 0.717) is 11.7 Å². The molecule has 9 heteroatoms. The van der Waals surface area contributed by atoms with Gasteiger partial charge in [0, 0.05) is 34.5 Å². The normalized spacial score (nSPS) is 11.1. The molecule has 0 saturated heterocycles. The van der Waals surface area contributed by atoms with Crippen LogP contribution in [0.25, 0.3) is 22.3 Å². The van der Waals surface area contributed by atoms with E-state index in [2.05, 4.69) is 20.7 Å². The summed E-state index contributed by atoms with van der Waals surface area (Å²) in [5, 5.41) is 12.7. The molecule has 0 fully saturated rings. The third-order valence-electron chi connectivity index (χ3n) is 4.91. The van der Waals surface area contributed by atoms with Gasteiger partial charge in [-0.15, -0.1) is 22.7 Å². The number of nitrogens with zero attached hydrogens (tertiary/aromatic N) is 3. The number of carbonyl (C=O) groups is 2. The van der Waals surface area contributed by atoms with Crippen LogP contribution in [0.15, 0.2) is 53.9 Å². The number of aryl methyl sites for hydroxylation is 1. The van der Waals surface area contributed by atoms with Crippen LogP contribution in [0.5, 0.6) is 0 Å². The van der Waals surface area contributed by atoms with Crippen molar-refractivity contribution in [2.45, 2.75) is 27.3 Å². The molecule has 3 aromatic heterocycles. The number of nitrogens with one attached hydrogen (secondary N) is 2. The Balaban J connectivity index is 1.42. The van der Waals surface area contributed by atoms with Gasteiger partial charge >= 0.3 is 0 Å². The molecular formula is C24H23N5O2S2. The summed E-state index contributed by atoms with van der Waals surface area (Å²) >= 11 is 2.94. The van der Waals surface area contributed by atoms with E-state index < -0.39 is 0 Å². The maximum atomic E-state index is 12.5. The van der Waals surface area contributed by atoms with E-state index >= 15 is 0 Å². The fourth-order valence-electron chi connectivity index (χ4n) is 3.29. The molecule has 33 heavy (non-hydrogen) atoms. The fraction of sp³-hybridized carbons (Fsp3) is 0.167. The zero-order valence-corrected chi connectivity index (χ0v) is 20.1. The summed E-state index contributed by atoms with van der Waals surface area (Å²) in [6, 6.07) is 13.8. The summed E-state index contributed by atoms with van der Waals surface area (Å²) in [5.41, 5.74) is 4.51. The van der Waals surface area contributed by atoms with Crippen LogP contribution in [0.1, 0.15) is 28.8 Å². The van der Waals surface area contributed by atoms with E-state index in [1.54, 1.807) is 17.4 Å². The van der Waals surface area contributed by atoms with Crippen LogP contribution < -0.4 is 10.6 Å². The highest BCUT2D eigenvalue weighted by Crippen LogP contribution is 2.31. The summed E-state index contributed by atoms with van der Waals surface area (Å²) in [7, 11) is 0. The molecule has 0 atom stereocenters. The lowest BCUT2D eigenvalue weighted by Crippen LogP contribution is -2.17. The topological polar surface area (TPSA) is 88.9 Å². The molecule has 2 N–H and O–H groups in total. The van der Waals surface area contributed by atoms with E-state index in [9.17, 15) is 9.59 Å². The molecule has 1 aromatic carbocycles. The summed E-state index contributed by atoms with van der Waals surface area (Å²) in [6.45, 7) is 5.91. The summed E-state index contributed by atoms with van der Waals surface area (Å²) < 4.78 is 1.88. The van der Waals surface area contributed by atoms with Crippen molar-refractivity contribution in [1.82, 2.24) is 20.1 Å². The Kier molecular flexibility index (Phi) is 6.81. The summed E-state index contributed by atoms with van der Waals surface area (Å²) in [5.74, 6) is -0.311. The SMILES string of the molecule is CC(=O)NCc1ccc(-c2csc(NC(=O)/C=C/c3c(C)nn(-c4ccccc4)c3C)n2)s1. The quantitative estimate of drug-likeness (QED) is 0.368. The maximum absolute atomic E-state index is 12.5. The van der Waals surface area contributed by atoms with Gasteiger partial charge in [-0.3, -0.25) is 14.9 Å². The van der Waals surface area contributed by atoms with E-state index in [1.165, 1.54) is 24.3 Å². The van der Waals surface area contributed by atoms with E-state index in [1.807, 2.05) is 66.4 Å². The minimum atomic E-state index is -0.250. The lowest BCUT2D eigenvalue weighted by atomic mass is 10.2. The van der Waals surface area contributed by atoms with Crippen molar-refractivity contribution in [3.05, 3.63) is 75.7 Å². The van der Waals surface area contributed by atoms with E-state index in [4.69, 9.17) is 0 Å². The molecular weight excluding hydrogens is 454 g/mol. The highest BCUT2D eigenvalue weighted by atomic mass is 32.1. The van der Waals surface area contributed by atoms with Crippen LogP contribution in [0.4, 0.5) is 5.13 Å². The minimum absolute atomic E-state index is 0.0607. The van der Waals surface area contributed by atoms with Crippen LogP contribution in [0.3, 0.4) is 0 Å². The van der Waals surface area contributed by atoms with Gasteiger partial charge in [0.1, 0.15) is 0 Å². The molecule has 0 radical (unpaired) electrons. The van der Waals surface area contributed by atoms with Crippen molar-refractivity contribution in [3.63, 3.8) is 0 Å². The average Bonchev–Trinajstić information content (AvgIpc) is 3.51. The van der Waals surface area contributed by atoms with Crippen LogP contribution in [0.2, 0.25) is 0 Å². The summed E-state index contributed by atoms with van der Waals surface area (Å²) in [6.07, 6.45) is 3.29. The van der Waals surface area contributed by atoms with Crippen LogP contribution in [-0.4, -0.2) is 26.6 Å². The number of hydrogen-bond acceptors (Lipinski definition) is 6. The van der Waals surface area contributed by atoms with Gasteiger partial charge < -0.3 is 5.32 Å². The fourth-order valence-corrected chi connectivity index (χ4v) is 4.99. The number of anilines is 1. The van der Waals surface area contributed by atoms with Gasteiger partial charge in [-0.1, -0.05) is 18.2 Å². The lowest BCUT2D eigenvalue weighted by Gasteiger charge is -2.03. The average molecular weight is 478 g/mol. The number of aromatic nitrogens is 3. The van der Waals surface area contributed by atoms with Crippen molar-refractivity contribution in [1.29, 1.82) is 0 Å². The molecule has 3 heterocycles. The number of benzene rings is 1.